The summed E-state index contributed by atoms with van der Waals surface area (Å²) in [6.07, 6.45) is -0.256. The minimum absolute atomic E-state index is 0. The Balaban J connectivity index is 0.00000156. The Hall–Kier alpha value is -1.36. The maximum Gasteiger partial charge on any atom is 0.133 e. The lowest BCUT2D eigenvalue weighted by Gasteiger charge is -2.29. The maximum absolute atomic E-state index is 14.4. The summed E-state index contributed by atoms with van der Waals surface area (Å²) in [5.41, 5.74) is 1.76. The summed E-state index contributed by atoms with van der Waals surface area (Å²) in [7, 11) is 0. The average molecular weight is 357 g/mol. The van der Waals surface area contributed by atoms with Gasteiger partial charge in [0.25, 0.3) is 0 Å². The molecule has 0 amide bonds. The van der Waals surface area contributed by atoms with Gasteiger partial charge >= 0.3 is 0 Å². The lowest BCUT2D eigenvalue weighted by molar-refractivity contribution is 0.190. The van der Waals surface area contributed by atoms with Crippen LogP contribution in [-0.2, 0) is 0 Å². The molecule has 2 aromatic carbocycles. The van der Waals surface area contributed by atoms with Gasteiger partial charge in [0.15, 0.2) is 0 Å². The standard InChI is InChI=1S/C17H15ClF2N2.ClH/c18-10-1-3-15-12(7-10)13-8-11(19)2-4-16(13)22(15)17-5-6-21-9-14(17)20;/h1-4,7-8,14,17,21H,5-6,9H2;1H. The zero-order valence-corrected chi connectivity index (χ0v) is 13.8. The molecule has 2 heterocycles. The molecule has 2 nitrogen and oxygen atoms in total. The summed E-state index contributed by atoms with van der Waals surface area (Å²) in [6, 6.07) is 9.92. The van der Waals surface area contributed by atoms with E-state index in [9.17, 15) is 8.78 Å². The van der Waals surface area contributed by atoms with E-state index in [2.05, 4.69) is 5.32 Å². The third-order valence-electron chi connectivity index (χ3n) is 4.43. The van der Waals surface area contributed by atoms with Crippen molar-refractivity contribution in [3.63, 3.8) is 0 Å². The fourth-order valence-electron chi connectivity index (χ4n) is 3.45. The van der Waals surface area contributed by atoms with Crippen LogP contribution in [0.25, 0.3) is 21.8 Å². The summed E-state index contributed by atoms with van der Waals surface area (Å²) < 4.78 is 30.1. The number of alkyl halides is 1. The van der Waals surface area contributed by atoms with E-state index in [-0.39, 0.29) is 24.3 Å². The maximum atomic E-state index is 14.4. The topological polar surface area (TPSA) is 17.0 Å². The first-order chi connectivity index (χ1) is 10.6. The molecule has 23 heavy (non-hydrogen) atoms. The molecule has 1 aliphatic heterocycles. The second-order valence-corrected chi connectivity index (χ2v) is 6.21. The largest absolute Gasteiger partial charge is 0.334 e. The highest BCUT2D eigenvalue weighted by Crippen LogP contribution is 2.36. The molecule has 1 N–H and O–H groups in total. The fraction of sp³-hybridized carbons (Fsp3) is 0.294. The van der Waals surface area contributed by atoms with Crippen molar-refractivity contribution in [1.82, 2.24) is 9.88 Å². The zero-order chi connectivity index (χ0) is 15.3. The predicted molar refractivity (Wildman–Crippen MR) is 93.1 cm³/mol. The van der Waals surface area contributed by atoms with Crippen LogP contribution in [0.2, 0.25) is 5.02 Å². The van der Waals surface area contributed by atoms with Gasteiger partial charge in [-0.25, -0.2) is 8.78 Å². The van der Waals surface area contributed by atoms with E-state index in [4.69, 9.17) is 11.6 Å². The van der Waals surface area contributed by atoms with Gasteiger partial charge in [-0.3, -0.25) is 0 Å². The number of hydrogen-bond acceptors (Lipinski definition) is 1. The van der Waals surface area contributed by atoms with E-state index >= 15 is 0 Å². The molecule has 1 fully saturated rings. The summed E-state index contributed by atoms with van der Waals surface area (Å²) in [6.45, 7) is 1.13. The third kappa shape index (κ3) is 2.69. The first-order valence-electron chi connectivity index (χ1n) is 7.38. The zero-order valence-electron chi connectivity index (χ0n) is 12.2. The fourth-order valence-corrected chi connectivity index (χ4v) is 3.62. The lowest BCUT2D eigenvalue weighted by Crippen LogP contribution is -2.39. The Bertz CT molecular complexity index is 803. The van der Waals surface area contributed by atoms with Crippen LogP contribution in [0.3, 0.4) is 0 Å². The monoisotopic (exact) mass is 356 g/mol. The third-order valence-corrected chi connectivity index (χ3v) is 4.67. The number of halogens is 4. The van der Waals surface area contributed by atoms with Gasteiger partial charge in [-0.05, 0) is 49.4 Å². The second-order valence-electron chi connectivity index (χ2n) is 5.77. The Labute approximate surface area is 143 Å². The Kier molecular flexibility index (Phi) is 4.50. The Morgan fingerprint density at radius 3 is 2.52 bits per heavy atom. The van der Waals surface area contributed by atoms with Crippen molar-refractivity contribution in [1.29, 1.82) is 0 Å². The molecule has 1 saturated heterocycles. The molecule has 0 radical (unpaired) electrons. The number of benzene rings is 2. The number of fused-ring (bicyclic) bond motifs is 3. The summed E-state index contributed by atoms with van der Waals surface area (Å²) in [4.78, 5) is 0. The van der Waals surface area contributed by atoms with Gasteiger partial charge in [0.05, 0.1) is 6.04 Å². The summed E-state index contributed by atoms with van der Waals surface area (Å²) in [5, 5.41) is 5.32. The SMILES string of the molecule is Cl.Fc1ccc2c(c1)c1cc(Cl)ccc1n2C1CCNCC1F. The van der Waals surface area contributed by atoms with Crippen LogP contribution >= 0.6 is 24.0 Å². The van der Waals surface area contributed by atoms with Crippen molar-refractivity contribution >= 4 is 45.8 Å². The molecule has 0 spiro atoms. The van der Waals surface area contributed by atoms with Crippen LogP contribution in [0.1, 0.15) is 12.5 Å². The van der Waals surface area contributed by atoms with Gasteiger partial charge in [-0.1, -0.05) is 11.6 Å². The second kappa shape index (κ2) is 6.27. The van der Waals surface area contributed by atoms with Crippen LogP contribution in [0.4, 0.5) is 8.78 Å². The van der Waals surface area contributed by atoms with Crippen molar-refractivity contribution in [3.05, 3.63) is 47.2 Å². The smallest absolute Gasteiger partial charge is 0.133 e. The van der Waals surface area contributed by atoms with Crippen molar-refractivity contribution in [3.8, 4) is 0 Å². The minimum atomic E-state index is -0.965. The molecule has 2 atom stereocenters. The highest BCUT2D eigenvalue weighted by molar-refractivity contribution is 6.31. The molecule has 4 rings (SSSR count). The number of hydrogen-bond donors (Lipinski definition) is 1. The molecule has 1 aliphatic rings. The molecule has 1 aromatic heterocycles. The molecule has 0 bridgehead atoms. The van der Waals surface area contributed by atoms with Crippen LogP contribution < -0.4 is 5.32 Å². The quantitative estimate of drug-likeness (QED) is 0.657. The van der Waals surface area contributed by atoms with E-state index in [1.54, 1.807) is 12.1 Å². The van der Waals surface area contributed by atoms with Gasteiger partial charge in [0, 0.05) is 33.4 Å². The molecule has 2 unspecified atom stereocenters. The molecule has 0 saturated carbocycles. The van der Waals surface area contributed by atoms with Crippen LogP contribution in [0.5, 0.6) is 0 Å². The van der Waals surface area contributed by atoms with Gasteiger partial charge in [-0.2, -0.15) is 0 Å². The molecular formula is C17H16Cl2F2N2. The molecule has 122 valence electrons. The van der Waals surface area contributed by atoms with Crippen LogP contribution in [0, 0.1) is 5.82 Å². The van der Waals surface area contributed by atoms with E-state index in [1.807, 2.05) is 16.7 Å². The van der Waals surface area contributed by atoms with Gasteiger partial charge in [0.1, 0.15) is 12.0 Å². The minimum Gasteiger partial charge on any atom is -0.334 e. The first kappa shape index (κ1) is 16.5. The Morgan fingerprint density at radius 2 is 1.78 bits per heavy atom. The van der Waals surface area contributed by atoms with Crippen molar-refractivity contribution in [2.45, 2.75) is 18.6 Å². The molecule has 0 aliphatic carbocycles. The van der Waals surface area contributed by atoms with Crippen molar-refractivity contribution in [2.75, 3.05) is 13.1 Å². The first-order valence-corrected chi connectivity index (χ1v) is 7.76. The van der Waals surface area contributed by atoms with Gasteiger partial charge in [-0.15, -0.1) is 12.4 Å². The van der Waals surface area contributed by atoms with Crippen molar-refractivity contribution < 1.29 is 8.78 Å². The number of nitrogens with zero attached hydrogens (tertiary/aromatic N) is 1. The van der Waals surface area contributed by atoms with E-state index in [0.717, 1.165) is 28.4 Å². The van der Waals surface area contributed by atoms with Crippen LogP contribution in [-0.4, -0.2) is 23.8 Å². The number of piperidine rings is 1. The molecule has 3 aromatic rings. The number of aromatic nitrogens is 1. The highest BCUT2D eigenvalue weighted by Gasteiger charge is 2.28. The lowest BCUT2D eigenvalue weighted by atomic mass is 10.0. The number of nitrogens with one attached hydrogen (secondary N) is 1. The summed E-state index contributed by atoms with van der Waals surface area (Å²) in [5.74, 6) is -0.298. The van der Waals surface area contributed by atoms with Gasteiger partial charge in [0.2, 0.25) is 0 Å². The highest BCUT2D eigenvalue weighted by atomic mass is 35.5. The predicted octanol–water partition coefficient (Wildman–Crippen LogP) is 4.88. The van der Waals surface area contributed by atoms with E-state index in [1.165, 1.54) is 12.1 Å². The van der Waals surface area contributed by atoms with E-state index in [0.29, 0.717) is 18.0 Å². The molecular weight excluding hydrogens is 341 g/mol. The normalized spacial score (nSPS) is 21.5. The van der Waals surface area contributed by atoms with Crippen molar-refractivity contribution in [2.24, 2.45) is 0 Å². The average Bonchev–Trinajstić information content (AvgIpc) is 2.81. The summed E-state index contributed by atoms with van der Waals surface area (Å²) >= 11 is 6.10. The Morgan fingerprint density at radius 1 is 1.09 bits per heavy atom. The van der Waals surface area contributed by atoms with Gasteiger partial charge < -0.3 is 9.88 Å². The van der Waals surface area contributed by atoms with E-state index < -0.39 is 6.17 Å². The molecule has 6 heteroatoms. The number of rotatable bonds is 1. The van der Waals surface area contributed by atoms with Crippen LogP contribution in [0.15, 0.2) is 36.4 Å².